The Kier molecular flexibility index (Phi) is 7.24. The number of aryl methyl sites for hydroxylation is 1. The van der Waals surface area contributed by atoms with Crippen LogP contribution in [0.4, 0.5) is 0 Å². The summed E-state index contributed by atoms with van der Waals surface area (Å²) in [7, 11) is 0. The van der Waals surface area contributed by atoms with Crippen LogP contribution in [-0.2, 0) is 4.79 Å². The Morgan fingerprint density at radius 1 is 1.17 bits per heavy atom. The molecule has 190 valence electrons. The fraction of sp³-hybridized carbons (Fsp3) is 0.654. The summed E-state index contributed by atoms with van der Waals surface area (Å²) in [6.07, 6.45) is 9.91. The lowest BCUT2D eigenvalue weighted by atomic mass is 9.94. The monoisotopic (exact) mass is 482 g/mol. The van der Waals surface area contributed by atoms with Crippen molar-refractivity contribution in [2.75, 3.05) is 39.3 Å². The summed E-state index contributed by atoms with van der Waals surface area (Å²) < 4.78 is 8.58. The van der Waals surface area contributed by atoms with Crippen molar-refractivity contribution in [1.82, 2.24) is 29.3 Å². The highest BCUT2D eigenvalue weighted by atomic mass is 16.3. The van der Waals surface area contributed by atoms with Gasteiger partial charge in [-0.15, -0.1) is 0 Å². The van der Waals surface area contributed by atoms with Crippen molar-refractivity contribution in [3.8, 4) is 0 Å². The second-order valence-electron chi connectivity index (χ2n) is 10.1. The average molecular weight is 483 g/mol. The highest BCUT2D eigenvalue weighted by Crippen LogP contribution is 2.24. The Balaban J connectivity index is 1.14. The van der Waals surface area contributed by atoms with Crippen molar-refractivity contribution in [3.63, 3.8) is 0 Å². The second kappa shape index (κ2) is 10.5. The van der Waals surface area contributed by atoms with Crippen LogP contribution in [0.15, 0.2) is 27.6 Å². The minimum atomic E-state index is -0.633. The van der Waals surface area contributed by atoms with Crippen LogP contribution in [0.3, 0.4) is 0 Å². The van der Waals surface area contributed by atoms with E-state index < -0.39 is 6.04 Å². The molecule has 1 saturated carbocycles. The lowest BCUT2D eigenvalue weighted by Gasteiger charge is -2.40. The molecule has 1 N–H and O–H groups in total. The minimum absolute atomic E-state index is 0.150. The van der Waals surface area contributed by atoms with Crippen LogP contribution >= 0.6 is 0 Å². The van der Waals surface area contributed by atoms with Gasteiger partial charge in [0.05, 0.1) is 11.8 Å². The average Bonchev–Trinajstić information content (AvgIpc) is 3.48. The normalized spacial score (nSPS) is 19.5. The molecule has 0 radical (unpaired) electrons. The van der Waals surface area contributed by atoms with Crippen LogP contribution in [0, 0.1) is 6.92 Å². The van der Waals surface area contributed by atoms with Crippen molar-refractivity contribution in [2.24, 2.45) is 0 Å². The van der Waals surface area contributed by atoms with E-state index in [4.69, 9.17) is 4.42 Å². The highest BCUT2D eigenvalue weighted by molar-refractivity contribution is 5.83. The number of amides is 1. The van der Waals surface area contributed by atoms with Gasteiger partial charge < -0.3 is 14.6 Å². The maximum atomic E-state index is 13.2. The zero-order valence-electron chi connectivity index (χ0n) is 21.0. The van der Waals surface area contributed by atoms with E-state index in [-0.39, 0.29) is 11.5 Å². The van der Waals surface area contributed by atoms with Crippen LogP contribution < -0.4 is 10.9 Å². The molecule has 2 aliphatic rings. The second-order valence-corrected chi connectivity index (χ2v) is 10.1. The van der Waals surface area contributed by atoms with Gasteiger partial charge in [0.1, 0.15) is 17.4 Å². The zero-order valence-corrected chi connectivity index (χ0v) is 21.0. The molecule has 9 heteroatoms. The first-order valence-electron chi connectivity index (χ1n) is 13.3. The summed E-state index contributed by atoms with van der Waals surface area (Å²) in [6.45, 7) is 9.89. The van der Waals surface area contributed by atoms with Gasteiger partial charge in [0.25, 0.3) is 5.56 Å². The van der Waals surface area contributed by atoms with E-state index >= 15 is 0 Å². The molecule has 35 heavy (non-hydrogen) atoms. The molecule has 1 atom stereocenters. The lowest BCUT2D eigenvalue weighted by molar-refractivity contribution is -0.124. The molecule has 5 rings (SSSR count). The van der Waals surface area contributed by atoms with Crippen molar-refractivity contribution in [1.29, 1.82) is 0 Å². The largest absolute Gasteiger partial charge is 0.463 e. The molecular formula is C26H38N6O3. The van der Waals surface area contributed by atoms with Gasteiger partial charge in [0.2, 0.25) is 5.91 Å². The standard InChI is InChI=1S/C26H38N6O3/c1-3-21(32-26(34)23-18-24-22(10-17-35-24)31(23)19(2)28-32)25(33)27-11-7-12-29-13-15-30(16-14-29)20-8-5-4-6-9-20/h10,17-18,20-21H,3-9,11-16H2,1-2H3,(H,27,33). The number of furan rings is 1. The van der Waals surface area contributed by atoms with E-state index in [0.29, 0.717) is 29.9 Å². The lowest BCUT2D eigenvalue weighted by Crippen LogP contribution is -2.51. The van der Waals surface area contributed by atoms with Gasteiger partial charge in [-0.1, -0.05) is 26.2 Å². The molecule has 0 aromatic carbocycles. The Morgan fingerprint density at radius 3 is 2.69 bits per heavy atom. The molecule has 1 unspecified atom stereocenters. The minimum Gasteiger partial charge on any atom is -0.463 e. The Hall–Kier alpha value is -2.65. The molecule has 1 aliphatic carbocycles. The predicted molar refractivity (Wildman–Crippen MR) is 136 cm³/mol. The fourth-order valence-electron chi connectivity index (χ4n) is 5.91. The molecule has 1 saturated heterocycles. The molecule has 1 aliphatic heterocycles. The van der Waals surface area contributed by atoms with E-state index in [1.807, 2.05) is 19.9 Å². The number of piperazine rings is 1. The number of nitrogens with one attached hydrogen (secondary N) is 1. The molecule has 3 aromatic heterocycles. The van der Waals surface area contributed by atoms with Crippen molar-refractivity contribution >= 4 is 22.5 Å². The first-order chi connectivity index (χ1) is 17.1. The van der Waals surface area contributed by atoms with Gasteiger partial charge >= 0.3 is 0 Å². The third-order valence-electron chi connectivity index (χ3n) is 7.86. The summed E-state index contributed by atoms with van der Waals surface area (Å²) in [5.74, 6) is 0.498. The van der Waals surface area contributed by atoms with Crippen molar-refractivity contribution in [3.05, 3.63) is 34.6 Å². The fourth-order valence-corrected chi connectivity index (χ4v) is 5.91. The summed E-state index contributed by atoms with van der Waals surface area (Å²) in [6, 6.07) is 3.71. The molecule has 0 spiro atoms. The van der Waals surface area contributed by atoms with Crippen LogP contribution in [-0.4, -0.2) is 75.2 Å². The van der Waals surface area contributed by atoms with Gasteiger partial charge in [-0.2, -0.15) is 5.10 Å². The summed E-state index contributed by atoms with van der Waals surface area (Å²) >= 11 is 0. The Morgan fingerprint density at radius 2 is 1.94 bits per heavy atom. The topological polar surface area (TPSA) is 88.0 Å². The molecule has 0 bridgehead atoms. The van der Waals surface area contributed by atoms with Gasteiger partial charge in [-0.25, -0.2) is 4.68 Å². The quantitative estimate of drug-likeness (QED) is 0.497. The zero-order chi connectivity index (χ0) is 24.4. The molecule has 2 fully saturated rings. The number of rotatable bonds is 8. The Bertz CT molecular complexity index is 1210. The summed E-state index contributed by atoms with van der Waals surface area (Å²) in [4.78, 5) is 31.4. The first-order valence-corrected chi connectivity index (χ1v) is 13.3. The van der Waals surface area contributed by atoms with Crippen LogP contribution in [0.2, 0.25) is 0 Å². The van der Waals surface area contributed by atoms with E-state index in [1.165, 1.54) is 36.8 Å². The molecule has 3 aromatic rings. The van der Waals surface area contributed by atoms with Gasteiger partial charge in [-0.05, 0) is 39.2 Å². The summed E-state index contributed by atoms with van der Waals surface area (Å²) in [5, 5.41) is 7.54. The number of aromatic nitrogens is 3. The van der Waals surface area contributed by atoms with E-state index in [9.17, 15) is 9.59 Å². The number of nitrogens with zero attached hydrogens (tertiary/aromatic N) is 5. The van der Waals surface area contributed by atoms with Crippen LogP contribution in [0.25, 0.3) is 16.6 Å². The molecular weight excluding hydrogens is 444 g/mol. The third kappa shape index (κ3) is 4.89. The first kappa shape index (κ1) is 24.1. The summed E-state index contributed by atoms with van der Waals surface area (Å²) in [5.41, 5.74) is 1.65. The van der Waals surface area contributed by atoms with Crippen LogP contribution in [0.1, 0.15) is 63.7 Å². The number of hydrogen-bond donors (Lipinski definition) is 1. The number of fused-ring (bicyclic) bond motifs is 3. The smallest absolute Gasteiger partial charge is 0.291 e. The molecule has 9 nitrogen and oxygen atoms in total. The predicted octanol–water partition coefficient (Wildman–Crippen LogP) is 2.96. The SMILES string of the molecule is CCC(C(=O)NCCCN1CCN(C2CCCCC2)CC1)n1nc(C)n2c(cc3occc32)c1=O. The number of carbonyl (C=O) groups is 1. The number of hydrogen-bond acceptors (Lipinski definition) is 6. The van der Waals surface area contributed by atoms with Gasteiger partial charge in [0, 0.05) is 50.9 Å². The van der Waals surface area contributed by atoms with Crippen molar-refractivity contribution in [2.45, 2.75) is 70.9 Å². The molecule has 4 heterocycles. The van der Waals surface area contributed by atoms with E-state index in [2.05, 4.69) is 20.2 Å². The highest BCUT2D eigenvalue weighted by Gasteiger charge is 2.26. The number of carbonyl (C=O) groups excluding carboxylic acids is 1. The maximum absolute atomic E-state index is 13.2. The van der Waals surface area contributed by atoms with Gasteiger partial charge in [0.15, 0.2) is 5.58 Å². The van der Waals surface area contributed by atoms with Gasteiger partial charge in [-0.3, -0.25) is 18.9 Å². The van der Waals surface area contributed by atoms with E-state index in [0.717, 1.165) is 50.7 Å². The maximum Gasteiger partial charge on any atom is 0.291 e. The van der Waals surface area contributed by atoms with E-state index in [1.54, 1.807) is 16.7 Å². The van der Waals surface area contributed by atoms with Crippen molar-refractivity contribution < 1.29 is 9.21 Å². The molecule has 1 amide bonds. The van der Waals surface area contributed by atoms with Crippen LogP contribution in [0.5, 0.6) is 0 Å². The Labute approximate surface area is 206 Å². The third-order valence-corrected chi connectivity index (χ3v) is 7.86.